The first-order valence-corrected chi connectivity index (χ1v) is 9.58. The number of hydrogen-bond acceptors (Lipinski definition) is 5. The van der Waals surface area contributed by atoms with Crippen LogP contribution >= 0.6 is 11.3 Å². The highest BCUT2D eigenvalue weighted by Gasteiger charge is 2.40. The molecule has 7 heteroatoms. The van der Waals surface area contributed by atoms with Crippen LogP contribution in [-0.2, 0) is 16.0 Å². The average Bonchev–Trinajstić information content (AvgIpc) is 3.01. The van der Waals surface area contributed by atoms with Crippen LogP contribution in [-0.4, -0.2) is 34.1 Å². The fourth-order valence-electron chi connectivity index (χ4n) is 3.12. The van der Waals surface area contributed by atoms with Gasteiger partial charge in [0.05, 0.1) is 30.7 Å². The number of ether oxygens (including phenoxy) is 1. The Morgan fingerprint density at radius 2 is 2.04 bits per heavy atom. The summed E-state index contributed by atoms with van der Waals surface area (Å²) in [7, 11) is 0. The normalized spacial score (nSPS) is 15.1. The van der Waals surface area contributed by atoms with Crippen LogP contribution in [0.4, 0.5) is 0 Å². The molecule has 0 bridgehead atoms. The van der Waals surface area contributed by atoms with E-state index in [9.17, 15) is 9.59 Å². The quantitative estimate of drug-likeness (QED) is 0.740. The summed E-state index contributed by atoms with van der Waals surface area (Å²) in [5.74, 6) is -0.234. The number of aliphatic carboxylic acids is 1. The number of amides is 1. The Kier molecular flexibility index (Phi) is 5.56. The van der Waals surface area contributed by atoms with E-state index in [4.69, 9.17) is 9.84 Å². The summed E-state index contributed by atoms with van der Waals surface area (Å²) >= 11 is 1.49. The number of hydrogen-bond donors (Lipinski definition) is 2. The maximum absolute atomic E-state index is 12.3. The largest absolute Gasteiger partial charge is 0.494 e. The van der Waals surface area contributed by atoms with Crippen molar-refractivity contribution in [3.05, 3.63) is 35.3 Å². The number of nitrogens with one attached hydrogen (secondary N) is 1. The third kappa shape index (κ3) is 4.40. The van der Waals surface area contributed by atoms with E-state index in [1.807, 2.05) is 36.6 Å². The number of aromatic nitrogens is 1. The van der Waals surface area contributed by atoms with E-state index in [0.717, 1.165) is 35.6 Å². The molecule has 1 fully saturated rings. The maximum Gasteiger partial charge on any atom is 0.305 e. The zero-order chi connectivity index (χ0) is 18.6. The lowest BCUT2D eigenvalue weighted by atomic mass is 9.74. The Morgan fingerprint density at radius 1 is 1.31 bits per heavy atom. The molecule has 1 aromatic carbocycles. The Bertz CT molecular complexity index is 781. The van der Waals surface area contributed by atoms with Gasteiger partial charge in [0, 0.05) is 10.9 Å². The van der Waals surface area contributed by atoms with Crippen molar-refractivity contribution in [1.29, 1.82) is 0 Å². The molecule has 0 radical (unpaired) electrons. The molecular weight excluding hydrogens is 352 g/mol. The lowest BCUT2D eigenvalue weighted by molar-refractivity contribution is -0.140. The number of carbonyl (C=O) groups excluding carboxylic acids is 1. The van der Waals surface area contributed by atoms with Crippen LogP contribution in [0.2, 0.25) is 0 Å². The predicted octanol–water partition coefficient (Wildman–Crippen LogP) is 3.26. The van der Waals surface area contributed by atoms with Crippen LogP contribution in [0, 0.1) is 0 Å². The number of thiazole rings is 1. The van der Waals surface area contributed by atoms with Crippen LogP contribution in [0.5, 0.6) is 5.75 Å². The van der Waals surface area contributed by atoms with Gasteiger partial charge in [-0.3, -0.25) is 9.59 Å². The molecule has 0 unspecified atom stereocenters. The standard InChI is InChI=1S/C19H22N2O4S/c1-2-25-15-6-4-13(5-7-15)18-20-14(12-26-18)10-16(22)21-19(8-3-9-19)11-17(23)24/h4-7,12H,2-3,8-11H2,1H3,(H,21,22)(H,23,24). The Hall–Kier alpha value is -2.41. The van der Waals surface area contributed by atoms with Gasteiger partial charge in [-0.05, 0) is 50.5 Å². The average molecular weight is 374 g/mol. The van der Waals surface area contributed by atoms with E-state index in [1.165, 1.54) is 11.3 Å². The van der Waals surface area contributed by atoms with E-state index in [0.29, 0.717) is 12.3 Å². The second-order valence-corrected chi connectivity index (χ2v) is 7.39. The minimum absolute atomic E-state index is 0.0206. The monoisotopic (exact) mass is 374 g/mol. The molecule has 3 rings (SSSR count). The van der Waals surface area contributed by atoms with Gasteiger partial charge in [0.1, 0.15) is 10.8 Å². The van der Waals surface area contributed by atoms with Gasteiger partial charge >= 0.3 is 5.97 Å². The number of rotatable bonds is 8. The SMILES string of the molecule is CCOc1ccc(-c2nc(CC(=O)NC3(CC(=O)O)CCC3)cs2)cc1. The van der Waals surface area contributed by atoms with Crippen molar-refractivity contribution >= 4 is 23.2 Å². The van der Waals surface area contributed by atoms with E-state index >= 15 is 0 Å². The first-order chi connectivity index (χ1) is 12.5. The van der Waals surface area contributed by atoms with Gasteiger partial charge in [0.25, 0.3) is 0 Å². The van der Waals surface area contributed by atoms with Crippen LogP contribution in [0.3, 0.4) is 0 Å². The van der Waals surface area contributed by atoms with Crippen LogP contribution in [0.1, 0.15) is 38.3 Å². The zero-order valence-corrected chi connectivity index (χ0v) is 15.5. The highest BCUT2D eigenvalue weighted by Crippen LogP contribution is 2.35. The molecule has 6 nitrogen and oxygen atoms in total. The van der Waals surface area contributed by atoms with Crippen molar-refractivity contribution in [2.24, 2.45) is 0 Å². The van der Waals surface area contributed by atoms with Gasteiger partial charge in [-0.15, -0.1) is 11.3 Å². The summed E-state index contributed by atoms with van der Waals surface area (Å²) in [5.41, 5.74) is 1.10. The molecule has 0 spiro atoms. The Labute approximate surface area is 156 Å². The summed E-state index contributed by atoms with van der Waals surface area (Å²) in [6, 6.07) is 7.70. The topological polar surface area (TPSA) is 88.5 Å². The fourth-order valence-corrected chi connectivity index (χ4v) is 3.95. The molecule has 1 amide bonds. The number of benzene rings is 1. The van der Waals surface area contributed by atoms with Gasteiger partial charge < -0.3 is 15.2 Å². The summed E-state index contributed by atoms with van der Waals surface area (Å²) in [4.78, 5) is 27.8. The summed E-state index contributed by atoms with van der Waals surface area (Å²) in [6.45, 7) is 2.56. The van der Waals surface area contributed by atoms with E-state index in [1.54, 1.807) is 0 Å². The number of nitrogens with zero attached hydrogens (tertiary/aromatic N) is 1. The lowest BCUT2D eigenvalue weighted by Gasteiger charge is -2.41. The summed E-state index contributed by atoms with van der Waals surface area (Å²) < 4.78 is 5.43. The molecule has 0 atom stereocenters. The fraction of sp³-hybridized carbons (Fsp3) is 0.421. The molecule has 26 heavy (non-hydrogen) atoms. The van der Waals surface area contributed by atoms with Gasteiger partial charge in [-0.1, -0.05) is 0 Å². The smallest absolute Gasteiger partial charge is 0.305 e. The van der Waals surface area contributed by atoms with Gasteiger partial charge in [-0.2, -0.15) is 0 Å². The first kappa shape index (κ1) is 18.4. The van der Waals surface area contributed by atoms with Crippen molar-refractivity contribution in [1.82, 2.24) is 10.3 Å². The number of carbonyl (C=O) groups is 2. The molecule has 1 heterocycles. The molecule has 0 saturated heterocycles. The Balaban J connectivity index is 1.61. The van der Waals surface area contributed by atoms with Crippen LogP contribution < -0.4 is 10.1 Å². The van der Waals surface area contributed by atoms with Gasteiger partial charge in [0.2, 0.25) is 5.91 Å². The molecule has 0 aliphatic heterocycles. The lowest BCUT2D eigenvalue weighted by Crippen LogP contribution is -2.55. The molecule has 1 aliphatic rings. The van der Waals surface area contributed by atoms with Gasteiger partial charge in [0.15, 0.2) is 0 Å². The maximum atomic E-state index is 12.3. The number of carboxylic acids is 1. The molecule has 2 aromatic rings. The van der Waals surface area contributed by atoms with Gasteiger partial charge in [-0.25, -0.2) is 4.98 Å². The van der Waals surface area contributed by atoms with E-state index < -0.39 is 11.5 Å². The minimum atomic E-state index is -0.878. The second kappa shape index (κ2) is 7.86. The van der Waals surface area contributed by atoms with Crippen molar-refractivity contribution in [3.8, 4) is 16.3 Å². The van der Waals surface area contributed by atoms with Crippen molar-refractivity contribution < 1.29 is 19.4 Å². The zero-order valence-electron chi connectivity index (χ0n) is 14.7. The van der Waals surface area contributed by atoms with E-state index in [2.05, 4.69) is 10.3 Å². The predicted molar refractivity (Wildman–Crippen MR) is 99.4 cm³/mol. The molecule has 1 aromatic heterocycles. The first-order valence-electron chi connectivity index (χ1n) is 8.70. The minimum Gasteiger partial charge on any atom is -0.494 e. The summed E-state index contributed by atoms with van der Waals surface area (Å²) in [6.07, 6.45) is 2.54. The van der Waals surface area contributed by atoms with E-state index in [-0.39, 0.29) is 18.7 Å². The third-order valence-electron chi connectivity index (χ3n) is 4.51. The molecule has 1 saturated carbocycles. The molecule has 1 aliphatic carbocycles. The van der Waals surface area contributed by atoms with Crippen molar-refractivity contribution in [2.75, 3.05) is 6.61 Å². The van der Waals surface area contributed by atoms with Crippen LogP contribution in [0.15, 0.2) is 29.6 Å². The highest BCUT2D eigenvalue weighted by molar-refractivity contribution is 7.13. The summed E-state index contributed by atoms with van der Waals surface area (Å²) in [5, 5.41) is 14.7. The van der Waals surface area contributed by atoms with Crippen molar-refractivity contribution in [2.45, 2.75) is 44.6 Å². The third-order valence-corrected chi connectivity index (χ3v) is 5.45. The van der Waals surface area contributed by atoms with Crippen molar-refractivity contribution in [3.63, 3.8) is 0 Å². The second-order valence-electron chi connectivity index (χ2n) is 6.53. The van der Waals surface area contributed by atoms with Crippen LogP contribution in [0.25, 0.3) is 10.6 Å². The highest BCUT2D eigenvalue weighted by atomic mass is 32.1. The molecular formula is C19H22N2O4S. The Morgan fingerprint density at radius 3 is 2.62 bits per heavy atom. The number of carboxylic acid groups (broad SMARTS) is 1. The molecule has 2 N–H and O–H groups in total. The molecule has 138 valence electrons.